The van der Waals surface area contributed by atoms with E-state index in [1.165, 1.54) is 0 Å². The summed E-state index contributed by atoms with van der Waals surface area (Å²) in [5, 5.41) is 32.7. The van der Waals surface area contributed by atoms with Gasteiger partial charge < -0.3 is 20.1 Å². The SMILES string of the molecule is CC(C)C1=C(O)C2=C(C(=O)C1=O)C13CCCC(C)(C)C1C(O)C2OC3O. The third kappa shape index (κ3) is 1.87. The Morgan fingerprint density at radius 1 is 1.12 bits per heavy atom. The molecular formula is C20H26O6. The lowest BCUT2D eigenvalue weighted by Crippen LogP contribution is -2.70. The molecule has 2 heterocycles. The van der Waals surface area contributed by atoms with E-state index in [4.69, 9.17) is 4.74 Å². The zero-order chi connectivity index (χ0) is 19.2. The zero-order valence-electron chi connectivity index (χ0n) is 15.6. The molecule has 6 heteroatoms. The van der Waals surface area contributed by atoms with E-state index < -0.39 is 41.4 Å². The lowest BCUT2D eigenvalue weighted by molar-refractivity contribution is -0.306. The van der Waals surface area contributed by atoms with E-state index in [2.05, 4.69) is 0 Å². The molecule has 1 saturated heterocycles. The minimum Gasteiger partial charge on any atom is -0.507 e. The molecule has 142 valence electrons. The molecule has 1 spiro atoms. The fourth-order valence-corrected chi connectivity index (χ4v) is 6.05. The molecule has 5 rings (SSSR count). The number of ketones is 2. The summed E-state index contributed by atoms with van der Waals surface area (Å²) in [7, 11) is 0. The van der Waals surface area contributed by atoms with Crippen LogP contribution in [0.2, 0.25) is 0 Å². The first kappa shape index (κ1) is 17.9. The summed E-state index contributed by atoms with van der Waals surface area (Å²) in [4.78, 5) is 25.9. The second-order valence-electron chi connectivity index (χ2n) is 9.12. The second-order valence-corrected chi connectivity index (χ2v) is 9.12. The van der Waals surface area contributed by atoms with Gasteiger partial charge in [-0.05, 0) is 24.2 Å². The van der Waals surface area contributed by atoms with Crippen LogP contribution < -0.4 is 0 Å². The number of rotatable bonds is 1. The lowest BCUT2D eigenvalue weighted by atomic mass is 9.45. The molecular weight excluding hydrogens is 336 g/mol. The largest absolute Gasteiger partial charge is 0.507 e. The Morgan fingerprint density at radius 2 is 1.77 bits per heavy atom. The summed E-state index contributed by atoms with van der Waals surface area (Å²) < 4.78 is 5.69. The molecule has 0 aromatic carbocycles. The number of hydrogen-bond acceptors (Lipinski definition) is 6. The maximum absolute atomic E-state index is 13.1. The number of allylic oxidation sites excluding steroid dienone is 1. The summed E-state index contributed by atoms with van der Waals surface area (Å²) in [6.07, 6.45) is -1.21. The Balaban J connectivity index is 2.05. The number of carbonyl (C=O) groups excluding carboxylic acids is 2. The molecule has 5 atom stereocenters. The van der Waals surface area contributed by atoms with Gasteiger partial charge in [0.2, 0.25) is 11.6 Å². The smallest absolute Gasteiger partial charge is 0.233 e. The van der Waals surface area contributed by atoms with Crippen molar-refractivity contribution < 1.29 is 29.6 Å². The predicted octanol–water partition coefficient (Wildman–Crippen LogP) is 1.81. The van der Waals surface area contributed by atoms with Crippen molar-refractivity contribution in [2.45, 2.75) is 65.5 Å². The summed E-state index contributed by atoms with van der Waals surface area (Å²) in [6.45, 7) is 7.50. The number of fused-ring (bicyclic) bond motifs is 1. The topological polar surface area (TPSA) is 104 Å². The highest BCUT2D eigenvalue weighted by Gasteiger charge is 2.70. The van der Waals surface area contributed by atoms with Crippen molar-refractivity contribution in [1.82, 2.24) is 0 Å². The van der Waals surface area contributed by atoms with Crippen molar-refractivity contribution in [3.8, 4) is 0 Å². The van der Waals surface area contributed by atoms with Gasteiger partial charge in [0.05, 0.1) is 11.5 Å². The third-order valence-electron chi connectivity index (χ3n) is 6.96. The van der Waals surface area contributed by atoms with E-state index in [0.29, 0.717) is 6.42 Å². The van der Waals surface area contributed by atoms with Crippen LogP contribution in [0.1, 0.15) is 47.0 Å². The molecule has 0 amide bonds. The van der Waals surface area contributed by atoms with Gasteiger partial charge in [-0.3, -0.25) is 9.59 Å². The van der Waals surface area contributed by atoms with Crippen molar-refractivity contribution in [3.63, 3.8) is 0 Å². The van der Waals surface area contributed by atoms with Crippen molar-refractivity contribution in [2.75, 3.05) is 0 Å². The Hall–Kier alpha value is -1.50. The van der Waals surface area contributed by atoms with Gasteiger partial charge in [0.1, 0.15) is 11.9 Å². The first-order valence-electron chi connectivity index (χ1n) is 9.34. The summed E-state index contributed by atoms with van der Waals surface area (Å²) >= 11 is 0. The monoisotopic (exact) mass is 362 g/mol. The van der Waals surface area contributed by atoms with Gasteiger partial charge in [0, 0.05) is 22.6 Å². The highest BCUT2D eigenvalue weighted by atomic mass is 16.6. The van der Waals surface area contributed by atoms with E-state index in [1.807, 2.05) is 13.8 Å². The minimum atomic E-state index is -1.27. The van der Waals surface area contributed by atoms with E-state index in [9.17, 15) is 24.9 Å². The molecule has 3 N–H and O–H groups in total. The summed E-state index contributed by atoms with van der Waals surface area (Å²) in [6, 6.07) is 0. The van der Waals surface area contributed by atoms with Crippen molar-refractivity contribution in [1.29, 1.82) is 0 Å². The van der Waals surface area contributed by atoms with Crippen LogP contribution in [0.3, 0.4) is 0 Å². The van der Waals surface area contributed by atoms with Crippen molar-refractivity contribution in [2.24, 2.45) is 22.7 Å². The quantitative estimate of drug-likeness (QED) is 0.485. The first-order chi connectivity index (χ1) is 12.1. The van der Waals surface area contributed by atoms with Gasteiger partial charge in [-0.2, -0.15) is 0 Å². The van der Waals surface area contributed by atoms with Crippen LogP contribution in [0.25, 0.3) is 0 Å². The van der Waals surface area contributed by atoms with Crippen molar-refractivity contribution >= 4 is 11.6 Å². The molecule has 1 saturated carbocycles. The molecule has 26 heavy (non-hydrogen) atoms. The van der Waals surface area contributed by atoms with Crippen LogP contribution in [0.4, 0.5) is 0 Å². The molecule has 6 nitrogen and oxygen atoms in total. The average Bonchev–Trinajstić information content (AvgIpc) is 2.52. The van der Waals surface area contributed by atoms with Gasteiger partial charge in [-0.25, -0.2) is 0 Å². The van der Waals surface area contributed by atoms with Crippen LogP contribution in [-0.2, 0) is 14.3 Å². The van der Waals surface area contributed by atoms with Crippen LogP contribution >= 0.6 is 0 Å². The van der Waals surface area contributed by atoms with Crippen LogP contribution in [0.15, 0.2) is 22.5 Å². The van der Waals surface area contributed by atoms with Crippen LogP contribution in [-0.4, -0.2) is 45.4 Å². The average molecular weight is 362 g/mol. The highest BCUT2D eigenvalue weighted by Crippen LogP contribution is 2.66. The maximum atomic E-state index is 13.1. The lowest BCUT2D eigenvalue weighted by Gasteiger charge is -2.64. The van der Waals surface area contributed by atoms with Gasteiger partial charge in [-0.1, -0.05) is 34.1 Å². The third-order valence-corrected chi connectivity index (χ3v) is 6.96. The van der Waals surface area contributed by atoms with Crippen molar-refractivity contribution in [3.05, 3.63) is 22.5 Å². The van der Waals surface area contributed by atoms with Gasteiger partial charge in [0.15, 0.2) is 6.29 Å². The highest BCUT2D eigenvalue weighted by molar-refractivity contribution is 6.50. The number of aliphatic hydroxyl groups excluding tert-OH is 3. The standard InChI is InChI=1S/C20H26O6/c1-8(2)9-12(21)10-11(14(23)13(9)22)20-7-5-6-19(3,4)17(20)15(24)16(10)26-18(20)25/h8,15-18,21,24-25H,5-7H2,1-4H3. The molecule has 0 radical (unpaired) electrons. The Labute approximate surface area is 152 Å². The fraction of sp³-hybridized carbons (Fsp3) is 0.700. The number of ether oxygens (including phenoxy) is 1. The van der Waals surface area contributed by atoms with E-state index in [-0.39, 0.29) is 33.8 Å². The normalized spacial score (nSPS) is 41.7. The molecule has 2 fully saturated rings. The fourth-order valence-electron chi connectivity index (χ4n) is 6.05. The van der Waals surface area contributed by atoms with E-state index in [0.717, 1.165) is 12.8 Å². The molecule has 2 aliphatic heterocycles. The number of hydrogen-bond donors (Lipinski definition) is 3. The van der Waals surface area contributed by atoms with E-state index in [1.54, 1.807) is 13.8 Å². The molecule has 3 aliphatic carbocycles. The summed E-state index contributed by atoms with van der Waals surface area (Å²) in [5.74, 6) is -2.37. The molecule has 0 aromatic heterocycles. The Bertz CT molecular complexity index is 773. The molecule has 5 aliphatic rings. The number of aliphatic hydroxyl groups is 3. The van der Waals surface area contributed by atoms with Crippen LogP contribution in [0, 0.1) is 22.7 Å². The second kappa shape index (κ2) is 5.27. The molecule has 5 unspecified atom stereocenters. The van der Waals surface area contributed by atoms with Gasteiger partial charge >= 0.3 is 0 Å². The minimum absolute atomic E-state index is 0.0645. The zero-order valence-corrected chi connectivity index (χ0v) is 15.6. The van der Waals surface area contributed by atoms with E-state index >= 15 is 0 Å². The van der Waals surface area contributed by atoms with Crippen LogP contribution in [0.5, 0.6) is 0 Å². The first-order valence-corrected chi connectivity index (χ1v) is 9.34. The Kier molecular flexibility index (Phi) is 3.63. The maximum Gasteiger partial charge on any atom is 0.233 e. The van der Waals surface area contributed by atoms with Gasteiger partial charge in [-0.15, -0.1) is 0 Å². The molecule has 2 bridgehead atoms. The Morgan fingerprint density at radius 3 is 2.38 bits per heavy atom. The molecule has 0 aromatic rings. The number of Topliss-reactive ketones (excluding diaryl/α,β-unsaturated/α-hetero) is 2. The van der Waals surface area contributed by atoms with Gasteiger partial charge in [0.25, 0.3) is 0 Å². The predicted molar refractivity (Wildman–Crippen MR) is 92.0 cm³/mol. The number of carbonyl (C=O) groups is 2. The summed E-state index contributed by atoms with van der Waals surface area (Å²) in [5.41, 5.74) is -1.04.